The number of rotatable bonds is 6. The lowest BCUT2D eigenvalue weighted by Crippen LogP contribution is -2.02. The van der Waals surface area contributed by atoms with E-state index < -0.39 is 0 Å². The fourth-order valence-electron chi connectivity index (χ4n) is 2.36. The van der Waals surface area contributed by atoms with Gasteiger partial charge in [-0.25, -0.2) is 0 Å². The third-order valence-electron chi connectivity index (χ3n) is 3.53. The summed E-state index contributed by atoms with van der Waals surface area (Å²) in [5.74, 6) is 0. The van der Waals surface area contributed by atoms with Gasteiger partial charge in [0, 0.05) is 22.6 Å². The Kier molecular flexibility index (Phi) is 5.05. The Morgan fingerprint density at radius 2 is 2.00 bits per heavy atom. The zero-order valence-corrected chi connectivity index (χ0v) is 13.4. The van der Waals surface area contributed by atoms with E-state index in [1.807, 2.05) is 30.4 Å². The molecule has 1 aliphatic rings. The normalized spacial score (nSPS) is 14.5. The highest BCUT2D eigenvalue weighted by Gasteiger charge is 2.09. The van der Waals surface area contributed by atoms with Crippen LogP contribution in [-0.2, 0) is 0 Å². The smallest absolute Gasteiger partial charge is 0.0460 e. The van der Waals surface area contributed by atoms with E-state index >= 15 is 0 Å². The van der Waals surface area contributed by atoms with Gasteiger partial charge in [-0.3, -0.25) is 0 Å². The van der Waals surface area contributed by atoms with E-state index in [1.54, 1.807) is 0 Å². The monoisotopic (exact) mass is 292 g/mol. The number of hydrogen-bond donors (Lipinski definition) is 2. The number of benzene rings is 1. The van der Waals surface area contributed by atoms with Crippen LogP contribution in [-0.4, -0.2) is 0 Å². The van der Waals surface area contributed by atoms with Crippen LogP contribution in [0.3, 0.4) is 0 Å². The Balaban J connectivity index is 2.09. The highest BCUT2D eigenvalue weighted by molar-refractivity contribution is 5.70. The van der Waals surface area contributed by atoms with E-state index in [4.69, 9.17) is 5.73 Å². The minimum absolute atomic E-state index is 0.695. The van der Waals surface area contributed by atoms with Crippen LogP contribution in [0.1, 0.15) is 30.9 Å². The Bertz CT molecular complexity index is 682. The molecule has 1 aromatic rings. The first-order valence-electron chi connectivity index (χ1n) is 7.52. The first-order chi connectivity index (χ1) is 10.5. The van der Waals surface area contributed by atoms with Gasteiger partial charge in [0.2, 0.25) is 0 Å². The Labute approximate surface area is 133 Å². The van der Waals surface area contributed by atoms with Gasteiger partial charge in [0.05, 0.1) is 0 Å². The third kappa shape index (κ3) is 4.52. The van der Waals surface area contributed by atoms with E-state index in [2.05, 4.69) is 44.5 Å². The second-order valence-corrected chi connectivity index (χ2v) is 5.73. The quantitative estimate of drug-likeness (QED) is 0.718. The van der Waals surface area contributed by atoms with Crippen LogP contribution < -0.4 is 11.1 Å². The van der Waals surface area contributed by atoms with Gasteiger partial charge >= 0.3 is 0 Å². The summed E-state index contributed by atoms with van der Waals surface area (Å²) >= 11 is 0. The summed E-state index contributed by atoms with van der Waals surface area (Å²) in [6.07, 6.45) is 10.3. The largest absolute Gasteiger partial charge is 0.399 e. The molecule has 2 rings (SSSR count). The lowest BCUT2D eigenvalue weighted by atomic mass is 10.1. The first kappa shape index (κ1) is 15.9. The molecule has 3 N–H and O–H groups in total. The molecule has 0 amide bonds. The molecule has 0 bridgehead atoms. The third-order valence-corrected chi connectivity index (χ3v) is 3.53. The van der Waals surface area contributed by atoms with Gasteiger partial charge in [-0.1, -0.05) is 43.0 Å². The maximum Gasteiger partial charge on any atom is 0.0460 e. The van der Waals surface area contributed by atoms with Crippen LogP contribution in [0, 0.1) is 6.92 Å². The van der Waals surface area contributed by atoms with Gasteiger partial charge in [-0.2, -0.15) is 0 Å². The lowest BCUT2D eigenvalue weighted by molar-refractivity contribution is 1.34. The Morgan fingerprint density at radius 1 is 1.27 bits per heavy atom. The molecule has 2 nitrogen and oxygen atoms in total. The van der Waals surface area contributed by atoms with Crippen molar-refractivity contribution >= 4 is 11.8 Å². The molecule has 0 spiro atoms. The predicted octanol–water partition coefficient (Wildman–Crippen LogP) is 5.07. The standard InChI is InChI=1S/C20H24N2/c1-5-19-15(3)7-6-8-20(19)22-16(4)13-18(21)12-14(2)11-17-9-10-17/h5-8,11-13,22H,1,4,9-10,21H2,2-3H3/b14-12+,18-13+. The summed E-state index contributed by atoms with van der Waals surface area (Å²) in [7, 11) is 0. The van der Waals surface area contributed by atoms with Gasteiger partial charge in [0.1, 0.15) is 0 Å². The van der Waals surface area contributed by atoms with Crippen LogP contribution >= 0.6 is 0 Å². The van der Waals surface area contributed by atoms with E-state index in [1.165, 1.54) is 29.6 Å². The minimum Gasteiger partial charge on any atom is -0.399 e. The number of nitrogens with one attached hydrogen (secondary N) is 1. The van der Waals surface area contributed by atoms with Crippen molar-refractivity contribution in [1.82, 2.24) is 0 Å². The number of aryl methyl sites for hydroxylation is 1. The molecule has 1 saturated carbocycles. The van der Waals surface area contributed by atoms with Crippen molar-refractivity contribution in [2.45, 2.75) is 26.7 Å². The average Bonchev–Trinajstić information content (AvgIpc) is 3.22. The maximum absolute atomic E-state index is 6.06. The Morgan fingerprint density at radius 3 is 2.64 bits per heavy atom. The molecule has 0 aliphatic heterocycles. The van der Waals surface area contributed by atoms with Gasteiger partial charge in [0.25, 0.3) is 0 Å². The summed E-state index contributed by atoms with van der Waals surface area (Å²) in [5.41, 5.74) is 13.4. The molecular weight excluding hydrogens is 268 g/mol. The number of anilines is 1. The van der Waals surface area contributed by atoms with E-state index in [0.29, 0.717) is 5.70 Å². The van der Waals surface area contributed by atoms with Gasteiger partial charge in [-0.05, 0) is 56.0 Å². The van der Waals surface area contributed by atoms with Gasteiger partial charge in [-0.15, -0.1) is 0 Å². The van der Waals surface area contributed by atoms with Crippen molar-refractivity contribution in [3.05, 3.63) is 83.3 Å². The molecular formula is C20H24N2. The molecule has 0 atom stereocenters. The van der Waals surface area contributed by atoms with Gasteiger partial charge < -0.3 is 11.1 Å². The van der Waals surface area contributed by atoms with Crippen LogP contribution in [0.4, 0.5) is 5.69 Å². The zero-order valence-electron chi connectivity index (χ0n) is 13.4. The van der Waals surface area contributed by atoms with Crippen molar-refractivity contribution in [1.29, 1.82) is 0 Å². The highest BCUT2D eigenvalue weighted by atomic mass is 14.9. The van der Waals surface area contributed by atoms with E-state index in [-0.39, 0.29) is 0 Å². The fraction of sp³-hybridized carbons (Fsp3) is 0.200. The summed E-state index contributed by atoms with van der Waals surface area (Å²) in [6.45, 7) is 12.0. The average molecular weight is 292 g/mol. The zero-order chi connectivity index (χ0) is 16.1. The van der Waals surface area contributed by atoms with Crippen LogP contribution in [0.5, 0.6) is 0 Å². The summed E-state index contributed by atoms with van der Waals surface area (Å²) in [6, 6.07) is 6.08. The number of hydrogen-bond acceptors (Lipinski definition) is 2. The Hall–Kier alpha value is -2.48. The maximum atomic E-state index is 6.06. The van der Waals surface area contributed by atoms with Crippen molar-refractivity contribution < 1.29 is 0 Å². The van der Waals surface area contributed by atoms with Crippen molar-refractivity contribution in [3.63, 3.8) is 0 Å². The molecule has 1 fully saturated rings. The van der Waals surface area contributed by atoms with Crippen molar-refractivity contribution in [2.24, 2.45) is 5.73 Å². The SMILES string of the molecule is C=Cc1c(C)cccc1NC(=C)/C=C(N)\C=C(/C)C=C1CC1. The number of allylic oxidation sites excluding steroid dienone is 5. The molecule has 0 saturated heterocycles. The topological polar surface area (TPSA) is 38.0 Å². The predicted molar refractivity (Wildman–Crippen MR) is 97.4 cm³/mol. The summed E-state index contributed by atoms with van der Waals surface area (Å²) in [5, 5.41) is 3.29. The van der Waals surface area contributed by atoms with E-state index in [0.717, 1.165) is 16.9 Å². The fourth-order valence-corrected chi connectivity index (χ4v) is 2.36. The van der Waals surface area contributed by atoms with E-state index in [9.17, 15) is 0 Å². The van der Waals surface area contributed by atoms with Crippen molar-refractivity contribution in [2.75, 3.05) is 5.32 Å². The summed E-state index contributed by atoms with van der Waals surface area (Å²) < 4.78 is 0. The first-order valence-corrected chi connectivity index (χ1v) is 7.52. The van der Waals surface area contributed by atoms with Crippen LogP contribution in [0.15, 0.2) is 72.1 Å². The molecule has 0 heterocycles. The molecule has 1 aliphatic carbocycles. The number of nitrogens with two attached hydrogens (primary N) is 1. The molecule has 1 aromatic carbocycles. The van der Waals surface area contributed by atoms with Crippen molar-refractivity contribution in [3.8, 4) is 0 Å². The second kappa shape index (κ2) is 6.99. The lowest BCUT2D eigenvalue weighted by Gasteiger charge is -2.12. The highest BCUT2D eigenvalue weighted by Crippen LogP contribution is 2.29. The summed E-state index contributed by atoms with van der Waals surface area (Å²) in [4.78, 5) is 0. The minimum atomic E-state index is 0.695. The molecule has 0 unspecified atom stereocenters. The van der Waals surface area contributed by atoms with Gasteiger partial charge in [0.15, 0.2) is 0 Å². The molecule has 2 heteroatoms. The molecule has 22 heavy (non-hydrogen) atoms. The second-order valence-electron chi connectivity index (χ2n) is 5.73. The van der Waals surface area contributed by atoms with Crippen LogP contribution in [0.25, 0.3) is 6.08 Å². The molecule has 0 radical (unpaired) electrons. The van der Waals surface area contributed by atoms with Crippen LogP contribution in [0.2, 0.25) is 0 Å². The molecule has 114 valence electrons. The molecule has 0 aromatic heterocycles.